The van der Waals surface area contributed by atoms with Crippen LogP contribution >= 0.6 is 0 Å². The number of carbonyl (C=O) groups is 1. The number of anilines is 1. The first-order valence-electron chi connectivity index (χ1n) is 8.94. The molecule has 5 nitrogen and oxygen atoms in total. The Morgan fingerprint density at radius 2 is 1.78 bits per heavy atom. The fourth-order valence-electron chi connectivity index (χ4n) is 3.35. The SMILES string of the molecule is Cc1nc(-c2ccccc2)c(C(=O)N2CCN(c3cccc(F)c3)CC2)o1. The van der Waals surface area contributed by atoms with E-state index in [1.54, 1.807) is 17.9 Å². The third-order valence-electron chi connectivity index (χ3n) is 4.72. The van der Waals surface area contributed by atoms with Gasteiger partial charge in [-0.25, -0.2) is 9.37 Å². The quantitative estimate of drug-likeness (QED) is 0.709. The molecule has 1 aliphatic heterocycles. The molecule has 27 heavy (non-hydrogen) atoms. The minimum atomic E-state index is -0.254. The Morgan fingerprint density at radius 1 is 1.04 bits per heavy atom. The fraction of sp³-hybridized carbons (Fsp3) is 0.238. The highest BCUT2D eigenvalue weighted by atomic mass is 19.1. The van der Waals surface area contributed by atoms with E-state index in [1.165, 1.54) is 12.1 Å². The molecule has 0 spiro atoms. The molecule has 2 aromatic carbocycles. The number of aryl methyl sites for hydroxylation is 1. The predicted molar refractivity (Wildman–Crippen MR) is 101 cm³/mol. The van der Waals surface area contributed by atoms with Crippen LogP contribution in [0.3, 0.4) is 0 Å². The van der Waals surface area contributed by atoms with Gasteiger partial charge < -0.3 is 14.2 Å². The minimum Gasteiger partial charge on any atom is -0.435 e. The third-order valence-corrected chi connectivity index (χ3v) is 4.72. The summed E-state index contributed by atoms with van der Waals surface area (Å²) in [6.45, 7) is 4.11. The monoisotopic (exact) mass is 365 g/mol. The lowest BCUT2D eigenvalue weighted by Crippen LogP contribution is -2.48. The average molecular weight is 365 g/mol. The van der Waals surface area contributed by atoms with E-state index in [2.05, 4.69) is 9.88 Å². The molecule has 1 fully saturated rings. The summed E-state index contributed by atoms with van der Waals surface area (Å²) < 4.78 is 19.1. The number of rotatable bonds is 3. The molecule has 138 valence electrons. The molecule has 1 aliphatic rings. The van der Waals surface area contributed by atoms with E-state index in [4.69, 9.17) is 4.42 Å². The Kier molecular flexibility index (Phi) is 4.62. The lowest BCUT2D eigenvalue weighted by Gasteiger charge is -2.35. The number of amides is 1. The van der Waals surface area contributed by atoms with Crippen LogP contribution in [0, 0.1) is 12.7 Å². The van der Waals surface area contributed by atoms with Gasteiger partial charge in [0.1, 0.15) is 11.5 Å². The van der Waals surface area contributed by atoms with E-state index in [-0.39, 0.29) is 17.5 Å². The lowest BCUT2D eigenvalue weighted by atomic mass is 10.1. The Hall–Kier alpha value is -3.15. The van der Waals surface area contributed by atoms with Gasteiger partial charge >= 0.3 is 0 Å². The zero-order chi connectivity index (χ0) is 18.8. The number of oxazole rings is 1. The number of nitrogens with zero attached hydrogens (tertiary/aromatic N) is 3. The Labute approximate surface area is 157 Å². The van der Waals surface area contributed by atoms with Gasteiger partial charge in [-0.1, -0.05) is 36.4 Å². The van der Waals surface area contributed by atoms with Crippen LogP contribution in [0.2, 0.25) is 0 Å². The summed E-state index contributed by atoms with van der Waals surface area (Å²) in [7, 11) is 0. The van der Waals surface area contributed by atoms with E-state index < -0.39 is 0 Å². The first kappa shape index (κ1) is 17.3. The van der Waals surface area contributed by atoms with Gasteiger partial charge in [0.05, 0.1) is 0 Å². The molecule has 0 saturated carbocycles. The van der Waals surface area contributed by atoms with E-state index in [9.17, 15) is 9.18 Å². The third kappa shape index (κ3) is 3.56. The highest BCUT2D eigenvalue weighted by Crippen LogP contribution is 2.26. The van der Waals surface area contributed by atoms with Crippen molar-refractivity contribution >= 4 is 11.6 Å². The zero-order valence-corrected chi connectivity index (χ0v) is 15.1. The standard InChI is InChI=1S/C21H20FN3O2/c1-15-23-19(16-6-3-2-4-7-16)20(27-15)21(26)25-12-10-24(11-13-25)18-9-5-8-17(22)14-18/h2-9,14H,10-13H2,1H3. The molecule has 0 atom stereocenters. The summed E-state index contributed by atoms with van der Waals surface area (Å²) >= 11 is 0. The molecule has 3 aromatic rings. The largest absolute Gasteiger partial charge is 0.435 e. The number of piperazine rings is 1. The topological polar surface area (TPSA) is 49.6 Å². The van der Waals surface area contributed by atoms with Crippen LogP contribution in [0.1, 0.15) is 16.4 Å². The van der Waals surface area contributed by atoms with Crippen LogP contribution < -0.4 is 4.90 Å². The van der Waals surface area contributed by atoms with Gasteiger partial charge in [0.2, 0.25) is 5.76 Å². The van der Waals surface area contributed by atoms with Gasteiger partial charge in [0.25, 0.3) is 5.91 Å². The van der Waals surface area contributed by atoms with Crippen LogP contribution in [0.5, 0.6) is 0 Å². The molecule has 4 rings (SSSR count). The van der Waals surface area contributed by atoms with Crippen molar-refractivity contribution in [1.29, 1.82) is 0 Å². The number of carbonyl (C=O) groups excluding carboxylic acids is 1. The predicted octanol–water partition coefficient (Wildman–Crippen LogP) is 3.75. The smallest absolute Gasteiger partial charge is 0.292 e. The van der Waals surface area contributed by atoms with E-state index in [0.29, 0.717) is 37.8 Å². The number of hydrogen-bond donors (Lipinski definition) is 0. The van der Waals surface area contributed by atoms with Crippen molar-refractivity contribution in [1.82, 2.24) is 9.88 Å². The molecule has 0 unspecified atom stereocenters. The van der Waals surface area contributed by atoms with E-state index >= 15 is 0 Å². The highest BCUT2D eigenvalue weighted by molar-refractivity contribution is 5.97. The number of halogens is 1. The van der Waals surface area contributed by atoms with Crippen LogP contribution in [0.4, 0.5) is 10.1 Å². The summed E-state index contributed by atoms with van der Waals surface area (Å²) in [5.74, 6) is 0.331. The maximum atomic E-state index is 13.4. The summed E-state index contributed by atoms with van der Waals surface area (Å²) in [6, 6.07) is 16.1. The summed E-state index contributed by atoms with van der Waals surface area (Å²) in [5.41, 5.74) is 2.27. The summed E-state index contributed by atoms with van der Waals surface area (Å²) in [6.07, 6.45) is 0. The first-order valence-corrected chi connectivity index (χ1v) is 8.94. The maximum absolute atomic E-state index is 13.4. The Morgan fingerprint density at radius 3 is 2.48 bits per heavy atom. The molecule has 0 bridgehead atoms. The van der Waals surface area contributed by atoms with Crippen molar-refractivity contribution in [3.05, 3.63) is 72.1 Å². The first-order chi connectivity index (χ1) is 13.1. The molecular formula is C21H20FN3O2. The zero-order valence-electron chi connectivity index (χ0n) is 15.1. The lowest BCUT2D eigenvalue weighted by molar-refractivity contribution is 0.0714. The number of aromatic nitrogens is 1. The second-order valence-corrected chi connectivity index (χ2v) is 6.54. The number of hydrogen-bond acceptors (Lipinski definition) is 4. The second kappa shape index (κ2) is 7.23. The van der Waals surface area contributed by atoms with Crippen LogP contribution in [-0.4, -0.2) is 42.0 Å². The van der Waals surface area contributed by atoms with Gasteiger partial charge in [-0.3, -0.25) is 4.79 Å². The van der Waals surface area contributed by atoms with Crippen molar-refractivity contribution in [2.24, 2.45) is 0 Å². The van der Waals surface area contributed by atoms with Gasteiger partial charge in [-0.2, -0.15) is 0 Å². The molecule has 0 radical (unpaired) electrons. The van der Waals surface area contributed by atoms with Gasteiger partial charge in [0, 0.05) is 44.4 Å². The molecule has 0 N–H and O–H groups in total. The number of benzene rings is 2. The summed E-state index contributed by atoms with van der Waals surface area (Å²) in [4.78, 5) is 21.3. The molecule has 6 heteroatoms. The van der Waals surface area contributed by atoms with Crippen LogP contribution in [-0.2, 0) is 0 Å². The molecule has 2 heterocycles. The van der Waals surface area contributed by atoms with Crippen LogP contribution in [0.25, 0.3) is 11.3 Å². The molecule has 1 saturated heterocycles. The Bertz CT molecular complexity index is 947. The van der Waals surface area contributed by atoms with E-state index in [0.717, 1.165) is 11.3 Å². The molecule has 1 aromatic heterocycles. The Balaban J connectivity index is 1.51. The van der Waals surface area contributed by atoms with E-state index in [1.807, 2.05) is 36.4 Å². The van der Waals surface area contributed by atoms with Crippen molar-refractivity contribution < 1.29 is 13.6 Å². The van der Waals surface area contributed by atoms with Crippen molar-refractivity contribution in [3.8, 4) is 11.3 Å². The molecule has 1 amide bonds. The maximum Gasteiger partial charge on any atom is 0.292 e. The summed E-state index contributed by atoms with van der Waals surface area (Å²) in [5, 5.41) is 0. The minimum absolute atomic E-state index is 0.159. The fourth-order valence-corrected chi connectivity index (χ4v) is 3.35. The molecule has 0 aliphatic carbocycles. The van der Waals surface area contributed by atoms with Crippen molar-refractivity contribution in [2.75, 3.05) is 31.1 Å². The molecular weight excluding hydrogens is 345 g/mol. The normalized spacial score (nSPS) is 14.4. The second-order valence-electron chi connectivity index (χ2n) is 6.54. The average Bonchev–Trinajstić information content (AvgIpc) is 3.10. The van der Waals surface area contributed by atoms with Crippen molar-refractivity contribution in [2.45, 2.75) is 6.92 Å². The van der Waals surface area contributed by atoms with Gasteiger partial charge in [-0.05, 0) is 18.2 Å². The van der Waals surface area contributed by atoms with Crippen LogP contribution in [0.15, 0.2) is 59.0 Å². The van der Waals surface area contributed by atoms with Gasteiger partial charge in [-0.15, -0.1) is 0 Å². The van der Waals surface area contributed by atoms with Crippen molar-refractivity contribution in [3.63, 3.8) is 0 Å². The highest BCUT2D eigenvalue weighted by Gasteiger charge is 2.28. The van der Waals surface area contributed by atoms with Gasteiger partial charge in [0.15, 0.2) is 5.89 Å².